The van der Waals surface area contributed by atoms with Crippen LogP contribution in [-0.2, 0) is 16.1 Å². The molecule has 0 saturated carbocycles. The van der Waals surface area contributed by atoms with Gasteiger partial charge in [-0.1, -0.05) is 18.7 Å². The maximum atomic E-state index is 14.2. The van der Waals surface area contributed by atoms with Gasteiger partial charge in [-0.25, -0.2) is 4.39 Å². The summed E-state index contributed by atoms with van der Waals surface area (Å²) in [6, 6.07) is 2.31. The zero-order chi connectivity index (χ0) is 15.1. The highest BCUT2D eigenvalue weighted by Crippen LogP contribution is 2.30. The van der Waals surface area contributed by atoms with Crippen molar-refractivity contribution >= 4 is 23.8 Å². The SMILES string of the molecule is C=Cc1ccc2c(c1F)CN(C1CCC(=O)NC1=O)C2=O. The molecule has 0 aliphatic carbocycles. The fraction of sp³-hybridized carbons (Fsp3) is 0.267. The molecule has 108 valence electrons. The molecule has 1 aromatic carbocycles. The monoisotopic (exact) mass is 288 g/mol. The molecule has 2 aliphatic rings. The number of hydrogen-bond acceptors (Lipinski definition) is 3. The van der Waals surface area contributed by atoms with Gasteiger partial charge in [0.1, 0.15) is 11.9 Å². The minimum atomic E-state index is -0.728. The number of hydrogen-bond donors (Lipinski definition) is 1. The summed E-state index contributed by atoms with van der Waals surface area (Å²) in [6.07, 6.45) is 1.83. The summed E-state index contributed by atoms with van der Waals surface area (Å²) in [5.41, 5.74) is 0.872. The van der Waals surface area contributed by atoms with Crippen molar-refractivity contribution < 1.29 is 18.8 Å². The van der Waals surface area contributed by atoms with Crippen LogP contribution >= 0.6 is 0 Å². The molecule has 0 bridgehead atoms. The molecule has 0 spiro atoms. The third-order valence-corrected chi connectivity index (χ3v) is 3.90. The van der Waals surface area contributed by atoms with E-state index in [2.05, 4.69) is 11.9 Å². The second kappa shape index (κ2) is 4.80. The average Bonchev–Trinajstić information content (AvgIpc) is 2.78. The molecule has 2 heterocycles. The molecule has 5 nitrogen and oxygen atoms in total. The van der Waals surface area contributed by atoms with Crippen molar-refractivity contribution in [3.63, 3.8) is 0 Å². The summed E-state index contributed by atoms with van der Waals surface area (Å²) < 4.78 is 14.2. The largest absolute Gasteiger partial charge is 0.322 e. The van der Waals surface area contributed by atoms with Crippen molar-refractivity contribution in [2.75, 3.05) is 0 Å². The number of piperidine rings is 1. The number of fused-ring (bicyclic) bond motifs is 1. The van der Waals surface area contributed by atoms with E-state index in [-0.39, 0.29) is 42.3 Å². The van der Waals surface area contributed by atoms with E-state index in [1.807, 2.05) is 0 Å². The van der Waals surface area contributed by atoms with Gasteiger partial charge in [0.2, 0.25) is 11.8 Å². The minimum Gasteiger partial charge on any atom is -0.322 e. The van der Waals surface area contributed by atoms with E-state index in [4.69, 9.17) is 0 Å². The molecule has 21 heavy (non-hydrogen) atoms. The van der Waals surface area contributed by atoms with Gasteiger partial charge in [-0.05, 0) is 12.5 Å². The van der Waals surface area contributed by atoms with Crippen molar-refractivity contribution in [1.29, 1.82) is 0 Å². The first kappa shape index (κ1) is 13.5. The Morgan fingerprint density at radius 2 is 2.10 bits per heavy atom. The molecule has 1 atom stereocenters. The van der Waals surface area contributed by atoms with Crippen LogP contribution < -0.4 is 5.32 Å². The number of nitrogens with zero attached hydrogens (tertiary/aromatic N) is 1. The molecule has 6 heteroatoms. The molecular formula is C15H13FN2O3. The lowest BCUT2D eigenvalue weighted by molar-refractivity contribution is -0.136. The lowest BCUT2D eigenvalue weighted by Gasteiger charge is -2.29. The van der Waals surface area contributed by atoms with Crippen molar-refractivity contribution in [1.82, 2.24) is 10.2 Å². The quantitative estimate of drug-likeness (QED) is 0.832. The van der Waals surface area contributed by atoms with Gasteiger partial charge in [0.05, 0.1) is 6.54 Å². The van der Waals surface area contributed by atoms with Crippen molar-refractivity contribution in [2.45, 2.75) is 25.4 Å². The average molecular weight is 288 g/mol. The third-order valence-electron chi connectivity index (χ3n) is 3.90. The van der Waals surface area contributed by atoms with Gasteiger partial charge < -0.3 is 4.90 Å². The van der Waals surface area contributed by atoms with E-state index in [1.165, 1.54) is 17.0 Å². The zero-order valence-electron chi connectivity index (χ0n) is 11.2. The van der Waals surface area contributed by atoms with E-state index >= 15 is 0 Å². The molecule has 2 aliphatic heterocycles. The molecule has 3 rings (SSSR count). The maximum absolute atomic E-state index is 14.2. The van der Waals surface area contributed by atoms with Crippen LogP contribution in [0.4, 0.5) is 4.39 Å². The van der Waals surface area contributed by atoms with Gasteiger partial charge >= 0.3 is 0 Å². The second-order valence-corrected chi connectivity index (χ2v) is 5.10. The zero-order valence-corrected chi connectivity index (χ0v) is 11.2. The molecule has 0 aromatic heterocycles. The van der Waals surface area contributed by atoms with Gasteiger partial charge in [0.15, 0.2) is 0 Å². The first-order valence-corrected chi connectivity index (χ1v) is 6.61. The topological polar surface area (TPSA) is 66.5 Å². The van der Waals surface area contributed by atoms with E-state index < -0.39 is 17.8 Å². The number of rotatable bonds is 2. The predicted molar refractivity (Wildman–Crippen MR) is 72.5 cm³/mol. The van der Waals surface area contributed by atoms with Crippen LogP contribution in [0.2, 0.25) is 0 Å². The van der Waals surface area contributed by atoms with Crippen LogP contribution in [0.5, 0.6) is 0 Å². The highest BCUT2D eigenvalue weighted by Gasteiger charge is 2.40. The number of halogens is 1. The van der Waals surface area contributed by atoms with Gasteiger partial charge in [-0.3, -0.25) is 19.7 Å². The fourth-order valence-electron chi connectivity index (χ4n) is 2.78. The Balaban J connectivity index is 1.93. The third kappa shape index (κ3) is 2.03. The van der Waals surface area contributed by atoms with Crippen molar-refractivity contribution in [3.8, 4) is 0 Å². The van der Waals surface area contributed by atoms with E-state index in [9.17, 15) is 18.8 Å². The Kier molecular flexibility index (Phi) is 3.08. The predicted octanol–water partition coefficient (Wildman–Crippen LogP) is 1.23. The highest BCUT2D eigenvalue weighted by atomic mass is 19.1. The minimum absolute atomic E-state index is 0.0357. The number of carbonyl (C=O) groups is 3. The van der Waals surface area contributed by atoms with Crippen LogP contribution in [0, 0.1) is 5.82 Å². The highest BCUT2D eigenvalue weighted by molar-refractivity contribution is 6.05. The van der Waals surface area contributed by atoms with Crippen molar-refractivity contribution in [2.24, 2.45) is 0 Å². The number of nitrogens with one attached hydrogen (secondary N) is 1. The first-order chi connectivity index (χ1) is 10.0. The second-order valence-electron chi connectivity index (χ2n) is 5.10. The van der Waals surface area contributed by atoms with Crippen LogP contribution in [0.15, 0.2) is 18.7 Å². The maximum Gasteiger partial charge on any atom is 0.255 e. The summed E-state index contributed by atoms with van der Waals surface area (Å²) in [4.78, 5) is 36.7. The normalized spacial score (nSPS) is 21.3. The fourth-order valence-corrected chi connectivity index (χ4v) is 2.78. The van der Waals surface area contributed by atoms with Crippen molar-refractivity contribution in [3.05, 3.63) is 41.2 Å². The van der Waals surface area contributed by atoms with Gasteiger partial charge in [-0.15, -0.1) is 0 Å². The Bertz CT molecular complexity index is 684. The molecule has 1 N–H and O–H groups in total. The Labute approximate surface area is 120 Å². The number of amides is 3. The Hall–Kier alpha value is -2.50. The molecule has 1 saturated heterocycles. The molecule has 0 radical (unpaired) electrons. The van der Waals surface area contributed by atoms with Crippen LogP contribution in [0.1, 0.15) is 34.3 Å². The Morgan fingerprint density at radius 3 is 2.76 bits per heavy atom. The number of carbonyl (C=O) groups excluding carboxylic acids is 3. The van der Waals surface area contributed by atoms with E-state index in [0.29, 0.717) is 5.56 Å². The lowest BCUT2D eigenvalue weighted by Crippen LogP contribution is -2.52. The van der Waals surface area contributed by atoms with Crippen LogP contribution in [0.25, 0.3) is 6.08 Å². The van der Waals surface area contributed by atoms with E-state index in [1.54, 1.807) is 6.07 Å². The van der Waals surface area contributed by atoms with E-state index in [0.717, 1.165) is 0 Å². The molecule has 1 aromatic rings. The number of imide groups is 1. The molecule has 1 unspecified atom stereocenters. The first-order valence-electron chi connectivity index (χ1n) is 6.61. The summed E-state index contributed by atoms with van der Waals surface area (Å²) in [5.74, 6) is -1.71. The molecule has 3 amide bonds. The summed E-state index contributed by atoms with van der Waals surface area (Å²) in [5, 5.41) is 2.21. The van der Waals surface area contributed by atoms with Crippen LogP contribution in [0.3, 0.4) is 0 Å². The lowest BCUT2D eigenvalue weighted by atomic mass is 10.0. The standard InChI is InChI=1S/C15H13FN2O3/c1-2-8-3-4-9-10(13(8)16)7-18(15(9)21)11-5-6-12(19)17-14(11)20/h2-4,11H,1,5-7H2,(H,17,19,20). The molecular weight excluding hydrogens is 275 g/mol. The van der Waals surface area contributed by atoms with Gasteiger partial charge in [-0.2, -0.15) is 0 Å². The summed E-state index contributed by atoms with van der Waals surface area (Å²) in [7, 11) is 0. The Morgan fingerprint density at radius 1 is 1.33 bits per heavy atom. The molecule has 1 fully saturated rings. The number of benzene rings is 1. The smallest absolute Gasteiger partial charge is 0.255 e. The summed E-state index contributed by atoms with van der Waals surface area (Å²) >= 11 is 0. The van der Waals surface area contributed by atoms with Gasteiger partial charge in [0, 0.05) is 23.1 Å². The van der Waals surface area contributed by atoms with Gasteiger partial charge in [0.25, 0.3) is 5.91 Å². The summed E-state index contributed by atoms with van der Waals surface area (Å²) in [6.45, 7) is 3.56. The van der Waals surface area contributed by atoms with Crippen LogP contribution in [-0.4, -0.2) is 28.7 Å².